The molecule has 2 aromatic carbocycles. The highest BCUT2D eigenvalue weighted by Gasteiger charge is 2.45. The van der Waals surface area contributed by atoms with Crippen LogP contribution in [0.1, 0.15) is 18.4 Å². The molecule has 17 heteroatoms. The summed E-state index contributed by atoms with van der Waals surface area (Å²) in [5, 5.41) is 23.0. The Hall–Kier alpha value is -3.47. The SMILES string of the molecule is CS(=O)(=O)N(OC(=O)C(F)(F)F)C(=O)Nc1ccc(O)cc1OC[C@H](O)CN1CCC2(CC1)Cc1cc(Cl)ccc1O2. The maximum absolute atomic E-state index is 12.6. The topological polar surface area (TPSA) is 155 Å². The lowest BCUT2D eigenvalue weighted by atomic mass is 9.87. The minimum Gasteiger partial charge on any atom is -0.508 e. The zero-order valence-electron chi connectivity index (χ0n) is 22.1. The van der Waals surface area contributed by atoms with Crippen molar-refractivity contribution in [1.29, 1.82) is 0 Å². The summed E-state index contributed by atoms with van der Waals surface area (Å²) in [4.78, 5) is 29.3. The van der Waals surface area contributed by atoms with Crippen molar-refractivity contribution in [3.63, 3.8) is 0 Å². The number of hydroxylamine groups is 1. The quantitative estimate of drug-likeness (QED) is 0.305. The van der Waals surface area contributed by atoms with E-state index in [1.165, 1.54) is 0 Å². The Morgan fingerprint density at radius 2 is 1.90 bits per heavy atom. The number of β-amino-alcohol motifs (C(OH)–C–C–N with tert-alkyl or cyclic N) is 1. The summed E-state index contributed by atoms with van der Waals surface area (Å²) in [6.45, 7) is 1.15. The number of benzene rings is 2. The minimum atomic E-state index is -5.58. The zero-order valence-corrected chi connectivity index (χ0v) is 23.6. The molecule has 0 bridgehead atoms. The van der Waals surface area contributed by atoms with Crippen molar-refractivity contribution in [1.82, 2.24) is 9.37 Å². The number of nitrogens with one attached hydrogen (secondary N) is 1. The highest BCUT2D eigenvalue weighted by atomic mass is 35.5. The van der Waals surface area contributed by atoms with Gasteiger partial charge in [0.2, 0.25) is 0 Å². The van der Waals surface area contributed by atoms with Crippen LogP contribution in [0.3, 0.4) is 0 Å². The Labute approximate surface area is 243 Å². The van der Waals surface area contributed by atoms with Gasteiger partial charge in [-0.05, 0) is 40.4 Å². The number of nitrogens with zero attached hydrogens (tertiary/aromatic N) is 2. The van der Waals surface area contributed by atoms with Crippen LogP contribution in [-0.4, -0.2) is 90.4 Å². The lowest BCUT2D eigenvalue weighted by Crippen LogP contribution is -2.49. The first-order valence-corrected chi connectivity index (χ1v) is 14.7. The van der Waals surface area contributed by atoms with Gasteiger partial charge in [-0.3, -0.25) is 0 Å². The smallest absolute Gasteiger partial charge is 0.493 e. The van der Waals surface area contributed by atoms with Gasteiger partial charge in [0, 0.05) is 50.0 Å². The number of phenolic OH excluding ortho intramolecular Hbond substituents is 1. The second-order valence-electron chi connectivity index (χ2n) is 9.96. The standard InChI is InChI=1S/C25H27ClF3N3O9S/c1-42(37,38)32(41-22(35)25(27,28)29)23(36)30-19-4-3-17(33)11-21(19)39-14-18(34)13-31-8-6-24(7-9-31)12-15-10-16(26)2-5-20(15)40-24/h2-5,10-11,18,33-34H,6-9,12-14H2,1H3,(H,30,36)/t18-/m1/s1. The zero-order chi connectivity index (χ0) is 30.9. The van der Waals surface area contributed by atoms with Crippen molar-refractivity contribution in [3.8, 4) is 17.2 Å². The number of sulfonamides is 1. The molecule has 1 saturated heterocycles. The predicted octanol–water partition coefficient (Wildman–Crippen LogP) is 3.07. The van der Waals surface area contributed by atoms with E-state index in [2.05, 4.69) is 4.84 Å². The first-order valence-electron chi connectivity index (χ1n) is 12.5. The Kier molecular flexibility index (Phi) is 9.01. The Morgan fingerprint density at radius 3 is 2.55 bits per heavy atom. The second kappa shape index (κ2) is 12.0. The average molecular weight is 638 g/mol. The van der Waals surface area contributed by atoms with Crippen molar-refractivity contribution in [2.75, 3.05) is 37.8 Å². The van der Waals surface area contributed by atoms with Gasteiger partial charge in [-0.25, -0.2) is 18.0 Å². The molecule has 0 unspecified atom stereocenters. The van der Waals surface area contributed by atoms with Gasteiger partial charge in [-0.2, -0.15) is 13.2 Å². The monoisotopic (exact) mass is 637 g/mol. The summed E-state index contributed by atoms with van der Waals surface area (Å²) in [6.07, 6.45) is -4.11. The summed E-state index contributed by atoms with van der Waals surface area (Å²) >= 11 is 6.09. The van der Waals surface area contributed by atoms with Gasteiger partial charge in [0.1, 0.15) is 35.6 Å². The third-order valence-electron chi connectivity index (χ3n) is 6.60. The molecule has 2 heterocycles. The van der Waals surface area contributed by atoms with Crippen LogP contribution in [0.25, 0.3) is 0 Å². The van der Waals surface area contributed by atoms with Crippen molar-refractivity contribution >= 4 is 39.3 Å². The molecule has 0 saturated carbocycles. The molecule has 230 valence electrons. The number of fused-ring (bicyclic) bond motifs is 1. The van der Waals surface area contributed by atoms with Crippen molar-refractivity contribution in [3.05, 3.63) is 47.0 Å². The van der Waals surface area contributed by atoms with E-state index in [4.69, 9.17) is 21.1 Å². The summed E-state index contributed by atoms with van der Waals surface area (Å²) < 4.78 is 72.3. The normalized spacial score (nSPS) is 17.2. The molecule has 12 nitrogen and oxygen atoms in total. The van der Waals surface area contributed by atoms with E-state index >= 15 is 0 Å². The minimum absolute atomic E-state index is 0.213. The van der Waals surface area contributed by atoms with E-state index in [0.29, 0.717) is 37.2 Å². The highest BCUT2D eigenvalue weighted by molar-refractivity contribution is 7.88. The largest absolute Gasteiger partial charge is 0.508 e. The Bertz CT molecular complexity index is 1450. The molecule has 2 aromatic rings. The summed E-state index contributed by atoms with van der Waals surface area (Å²) in [5.41, 5.74) is 0.421. The molecule has 1 spiro atoms. The van der Waals surface area contributed by atoms with Crippen LogP contribution in [0.2, 0.25) is 5.02 Å². The van der Waals surface area contributed by atoms with Crippen molar-refractivity contribution < 1.29 is 55.7 Å². The molecule has 2 aliphatic rings. The third kappa shape index (κ3) is 7.67. The van der Waals surface area contributed by atoms with Gasteiger partial charge in [0.25, 0.3) is 10.0 Å². The van der Waals surface area contributed by atoms with Gasteiger partial charge in [0.15, 0.2) is 0 Å². The number of ether oxygens (including phenoxy) is 2. The molecule has 2 amide bonds. The van der Waals surface area contributed by atoms with E-state index < -0.39 is 38.8 Å². The number of halogens is 4. The molecule has 0 aliphatic carbocycles. The predicted molar refractivity (Wildman–Crippen MR) is 142 cm³/mol. The number of carbonyl (C=O) groups excluding carboxylic acids is 2. The van der Waals surface area contributed by atoms with Crippen LogP contribution in [0, 0.1) is 0 Å². The summed E-state index contributed by atoms with van der Waals surface area (Å²) in [5.74, 6) is -2.70. The maximum Gasteiger partial charge on any atom is 0.493 e. The van der Waals surface area contributed by atoms with Crippen LogP contribution < -0.4 is 14.8 Å². The molecule has 0 radical (unpaired) electrons. The van der Waals surface area contributed by atoms with Crippen LogP contribution in [0.5, 0.6) is 17.2 Å². The van der Waals surface area contributed by atoms with E-state index in [-0.39, 0.29) is 35.9 Å². The fraction of sp³-hybridized carbons (Fsp3) is 0.440. The molecular formula is C25H27ClF3N3O9S. The molecule has 0 aromatic heterocycles. The number of carbonyl (C=O) groups is 2. The number of aliphatic hydroxyl groups excluding tert-OH is 1. The van der Waals surface area contributed by atoms with Crippen LogP contribution in [0.15, 0.2) is 36.4 Å². The number of hydrogen-bond donors (Lipinski definition) is 3. The molecule has 3 N–H and O–H groups in total. The molecule has 1 atom stereocenters. The van der Waals surface area contributed by atoms with E-state index in [1.807, 2.05) is 22.3 Å². The number of rotatable bonds is 7. The highest BCUT2D eigenvalue weighted by Crippen LogP contribution is 2.42. The van der Waals surface area contributed by atoms with Gasteiger partial charge in [0.05, 0.1) is 11.9 Å². The number of phenols is 1. The average Bonchev–Trinajstić information content (AvgIpc) is 3.24. The van der Waals surface area contributed by atoms with E-state index in [9.17, 15) is 41.4 Å². The molecule has 1 fully saturated rings. The number of hydrogen-bond acceptors (Lipinski definition) is 10. The van der Waals surface area contributed by atoms with Crippen molar-refractivity contribution in [2.45, 2.75) is 37.1 Å². The number of anilines is 1. The van der Waals surface area contributed by atoms with Crippen LogP contribution >= 0.6 is 11.6 Å². The van der Waals surface area contributed by atoms with Gasteiger partial charge in [-0.15, -0.1) is 0 Å². The fourth-order valence-electron chi connectivity index (χ4n) is 4.64. The Morgan fingerprint density at radius 1 is 1.21 bits per heavy atom. The summed E-state index contributed by atoms with van der Waals surface area (Å²) in [7, 11) is -4.80. The Balaban J connectivity index is 1.33. The number of amides is 2. The van der Waals surface area contributed by atoms with Crippen LogP contribution in [0.4, 0.5) is 23.7 Å². The van der Waals surface area contributed by atoms with E-state index in [0.717, 1.165) is 35.9 Å². The van der Waals surface area contributed by atoms with E-state index in [1.54, 1.807) is 6.07 Å². The number of aromatic hydroxyl groups is 1. The number of likely N-dealkylation sites (tertiary alicyclic amines) is 1. The van der Waals surface area contributed by atoms with Gasteiger partial charge < -0.3 is 34.7 Å². The van der Waals surface area contributed by atoms with Gasteiger partial charge in [-0.1, -0.05) is 11.6 Å². The third-order valence-corrected chi connectivity index (χ3v) is 7.68. The molecular weight excluding hydrogens is 611 g/mol. The van der Waals surface area contributed by atoms with Crippen molar-refractivity contribution in [2.24, 2.45) is 0 Å². The number of urea groups is 1. The first kappa shape index (κ1) is 31.5. The fourth-order valence-corrected chi connectivity index (χ4v) is 5.39. The number of piperidine rings is 1. The maximum atomic E-state index is 12.6. The van der Waals surface area contributed by atoms with Crippen LogP contribution in [-0.2, 0) is 26.1 Å². The molecule has 2 aliphatic heterocycles. The number of alkyl halides is 3. The summed E-state index contributed by atoms with van der Waals surface area (Å²) in [6, 6.07) is 6.92. The lowest BCUT2D eigenvalue weighted by Gasteiger charge is -2.39. The number of aliphatic hydroxyl groups is 1. The lowest BCUT2D eigenvalue weighted by molar-refractivity contribution is -0.216. The molecule has 42 heavy (non-hydrogen) atoms. The first-order chi connectivity index (χ1) is 19.5. The van der Waals surface area contributed by atoms with Gasteiger partial charge >= 0.3 is 18.2 Å². The molecule has 4 rings (SSSR count). The second-order valence-corrected chi connectivity index (χ2v) is 12.2.